The van der Waals surface area contributed by atoms with Crippen LogP contribution in [0.2, 0.25) is 0 Å². The quantitative estimate of drug-likeness (QED) is 0.826. The van der Waals surface area contributed by atoms with Crippen molar-refractivity contribution in [1.82, 2.24) is 0 Å². The topological polar surface area (TPSA) is 46.5 Å². The predicted molar refractivity (Wildman–Crippen MR) is 81.6 cm³/mol. The number of aliphatic imine (C=N–C) groups is 1. The Morgan fingerprint density at radius 3 is 2.16 bits per heavy atom. The van der Waals surface area contributed by atoms with Crippen LogP contribution in [0, 0.1) is 0 Å². The summed E-state index contributed by atoms with van der Waals surface area (Å²) in [4.78, 5) is 4.35. The highest BCUT2D eigenvalue weighted by Gasteiger charge is 2.27. The number of rotatable bonds is 2. The summed E-state index contributed by atoms with van der Waals surface area (Å²) in [6, 6.07) is 7.05. The number of hydrogen-bond donors (Lipinski definition) is 0. The Morgan fingerprint density at radius 2 is 1.74 bits per heavy atom. The van der Waals surface area contributed by atoms with Crippen LogP contribution in [-0.4, -0.2) is 18.4 Å². The van der Waals surface area contributed by atoms with Crippen molar-refractivity contribution >= 4 is 30.4 Å². The van der Waals surface area contributed by atoms with Crippen molar-refractivity contribution in [3.05, 3.63) is 42.0 Å². The van der Waals surface area contributed by atoms with Gasteiger partial charge in [-0.3, -0.25) is 4.99 Å². The third-order valence-electron chi connectivity index (χ3n) is 3.02. The fourth-order valence-electron chi connectivity index (χ4n) is 1.83. The largest absolute Gasteiger partial charge is 0.254 e. The van der Waals surface area contributed by atoms with E-state index in [-0.39, 0.29) is 5.41 Å². The first-order valence-corrected chi connectivity index (χ1v) is 8.31. The van der Waals surface area contributed by atoms with Gasteiger partial charge < -0.3 is 0 Å². The molecule has 19 heavy (non-hydrogen) atoms. The monoisotopic (exact) mass is 341 g/mol. The van der Waals surface area contributed by atoms with Crippen molar-refractivity contribution in [3.8, 4) is 0 Å². The van der Waals surface area contributed by atoms with Crippen LogP contribution in [0.3, 0.4) is 0 Å². The van der Waals surface area contributed by atoms with Gasteiger partial charge in [-0.2, -0.15) is 0 Å². The van der Waals surface area contributed by atoms with Crippen molar-refractivity contribution in [1.29, 1.82) is 0 Å². The lowest BCUT2D eigenvalue weighted by Gasteiger charge is -2.19. The highest BCUT2D eigenvalue weighted by molar-refractivity contribution is 9.18. The third-order valence-corrected chi connectivity index (χ3v) is 5.31. The van der Waals surface area contributed by atoms with Gasteiger partial charge in [0.1, 0.15) is 4.62 Å². The van der Waals surface area contributed by atoms with Gasteiger partial charge in [0.05, 0.1) is 4.90 Å². The molecule has 102 valence electrons. The Hall–Kier alpha value is -0.940. The zero-order valence-electron chi connectivity index (χ0n) is 11.1. The Bertz CT molecular complexity index is 637. The fourth-order valence-corrected chi connectivity index (χ4v) is 3.67. The zero-order valence-corrected chi connectivity index (χ0v) is 13.5. The molecule has 1 aliphatic heterocycles. The van der Waals surface area contributed by atoms with Crippen molar-refractivity contribution in [2.45, 2.75) is 36.5 Å². The minimum atomic E-state index is -3.44. The van der Waals surface area contributed by atoms with Crippen molar-refractivity contribution < 1.29 is 8.42 Å². The molecule has 0 saturated heterocycles. The summed E-state index contributed by atoms with van der Waals surface area (Å²) >= 11 is 3.18. The molecule has 0 saturated carbocycles. The standard InChI is InChI=1S/C14H16BrNO2S/c1-14(2,3)10-4-6-11(7-5-10)19(17,18)13-9-8-12(15)16-13/h4-9,13H,1-3H3. The lowest BCUT2D eigenvalue weighted by molar-refractivity contribution is 0.584. The van der Waals surface area contributed by atoms with Crippen LogP contribution in [0.5, 0.6) is 0 Å². The molecule has 1 unspecified atom stereocenters. The molecule has 0 aromatic heterocycles. The van der Waals surface area contributed by atoms with E-state index in [1.54, 1.807) is 24.3 Å². The van der Waals surface area contributed by atoms with Crippen LogP contribution in [0.4, 0.5) is 0 Å². The maximum atomic E-state index is 12.4. The first-order chi connectivity index (χ1) is 8.71. The maximum absolute atomic E-state index is 12.4. The summed E-state index contributed by atoms with van der Waals surface area (Å²) < 4.78 is 25.3. The van der Waals surface area contributed by atoms with E-state index in [1.165, 1.54) is 0 Å². The number of sulfone groups is 1. The molecular weight excluding hydrogens is 326 g/mol. The normalized spacial score (nSPS) is 19.6. The first kappa shape index (κ1) is 14.5. The van der Waals surface area contributed by atoms with E-state index in [4.69, 9.17) is 0 Å². The molecule has 1 aromatic rings. The Kier molecular flexibility index (Phi) is 3.71. The van der Waals surface area contributed by atoms with Gasteiger partial charge in [-0.25, -0.2) is 8.42 Å². The summed E-state index contributed by atoms with van der Waals surface area (Å²) in [7, 11) is -3.44. The van der Waals surface area contributed by atoms with Gasteiger partial charge in [0, 0.05) is 0 Å². The minimum Gasteiger partial charge on any atom is -0.254 e. The third kappa shape index (κ3) is 2.98. The summed E-state index contributed by atoms with van der Waals surface area (Å²) in [5, 5.41) is -0.817. The van der Waals surface area contributed by atoms with Crippen LogP contribution < -0.4 is 0 Å². The number of hydrogen-bond acceptors (Lipinski definition) is 3. The smallest absolute Gasteiger partial charge is 0.205 e. The molecule has 0 spiro atoms. The first-order valence-electron chi connectivity index (χ1n) is 5.97. The molecule has 3 nitrogen and oxygen atoms in total. The molecule has 1 atom stereocenters. The van der Waals surface area contributed by atoms with Gasteiger partial charge in [0.15, 0.2) is 5.37 Å². The SMILES string of the molecule is CC(C)(C)c1ccc(S(=O)(=O)C2C=CC(Br)=N2)cc1. The van der Waals surface area contributed by atoms with Crippen LogP contribution in [0.15, 0.2) is 46.3 Å². The second-order valence-corrected chi connectivity index (χ2v) is 8.38. The van der Waals surface area contributed by atoms with E-state index in [0.29, 0.717) is 9.52 Å². The summed E-state index contributed by atoms with van der Waals surface area (Å²) in [5.41, 5.74) is 1.12. The number of benzene rings is 1. The molecule has 2 rings (SSSR count). The molecule has 0 N–H and O–H groups in total. The Labute approximate surface area is 122 Å². The zero-order chi connectivity index (χ0) is 14.3. The second kappa shape index (κ2) is 4.87. The lowest BCUT2D eigenvalue weighted by atomic mass is 9.87. The van der Waals surface area contributed by atoms with Gasteiger partial charge in [0.25, 0.3) is 0 Å². The van der Waals surface area contributed by atoms with E-state index < -0.39 is 15.2 Å². The second-order valence-electron chi connectivity index (χ2n) is 5.52. The van der Waals surface area contributed by atoms with E-state index in [0.717, 1.165) is 5.56 Å². The van der Waals surface area contributed by atoms with Gasteiger partial charge in [-0.05, 0) is 51.2 Å². The molecule has 0 bridgehead atoms. The molecule has 0 amide bonds. The van der Waals surface area contributed by atoms with E-state index in [1.807, 2.05) is 12.1 Å². The van der Waals surface area contributed by atoms with E-state index >= 15 is 0 Å². The molecule has 0 radical (unpaired) electrons. The molecular formula is C14H16BrNO2S. The summed E-state index contributed by atoms with van der Waals surface area (Å²) in [6.45, 7) is 6.28. The summed E-state index contributed by atoms with van der Waals surface area (Å²) in [6.07, 6.45) is 3.24. The lowest BCUT2D eigenvalue weighted by Crippen LogP contribution is -2.16. The molecule has 1 aromatic carbocycles. The number of nitrogens with zero attached hydrogens (tertiary/aromatic N) is 1. The number of halogens is 1. The minimum absolute atomic E-state index is 0.0106. The van der Waals surface area contributed by atoms with Crippen LogP contribution in [0.1, 0.15) is 26.3 Å². The van der Waals surface area contributed by atoms with Crippen molar-refractivity contribution in [2.75, 3.05) is 0 Å². The van der Waals surface area contributed by atoms with Gasteiger partial charge in [0.2, 0.25) is 9.84 Å². The average molecular weight is 342 g/mol. The average Bonchev–Trinajstić information content (AvgIpc) is 2.76. The molecule has 0 fully saturated rings. The molecule has 1 heterocycles. The molecule has 5 heteroatoms. The highest BCUT2D eigenvalue weighted by atomic mass is 79.9. The van der Waals surface area contributed by atoms with Gasteiger partial charge in [-0.15, -0.1) is 0 Å². The van der Waals surface area contributed by atoms with E-state index in [2.05, 4.69) is 41.7 Å². The number of allylic oxidation sites excluding steroid dienone is 1. The Balaban J connectivity index is 2.35. The van der Waals surface area contributed by atoms with Crippen molar-refractivity contribution in [2.24, 2.45) is 4.99 Å². The van der Waals surface area contributed by atoms with Gasteiger partial charge >= 0.3 is 0 Å². The molecule has 1 aliphatic rings. The van der Waals surface area contributed by atoms with Crippen molar-refractivity contribution in [3.63, 3.8) is 0 Å². The highest BCUT2D eigenvalue weighted by Crippen LogP contribution is 2.26. The summed E-state index contributed by atoms with van der Waals surface area (Å²) in [5.74, 6) is 0. The maximum Gasteiger partial charge on any atom is 0.205 e. The van der Waals surface area contributed by atoms with E-state index in [9.17, 15) is 8.42 Å². The predicted octanol–water partition coefficient (Wildman–Crippen LogP) is 3.45. The van der Waals surface area contributed by atoms with Crippen LogP contribution in [0.25, 0.3) is 0 Å². The molecule has 0 aliphatic carbocycles. The van der Waals surface area contributed by atoms with Crippen LogP contribution in [-0.2, 0) is 15.3 Å². The van der Waals surface area contributed by atoms with Crippen LogP contribution >= 0.6 is 15.9 Å². The Morgan fingerprint density at radius 1 is 1.16 bits per heavy atom. The fraction of sp³-hybridized carbons (Fsp3) is 0.357. The van der Waals surface area contributed by atoms with Gasteiger partial charge in [-0.1, -0.05) is 32.9 Å².